The Balaban J connectivity index is 2.82. The summed E-state index contributed by atoms with van der Waals surface area (Å²) in [4.78, 5) is 11.3. The summed E-state index contributed by atoms with van der Waals surface area (Å²) < 4.78 is 30.3. The zero-order valence-electron chi connectivity index (χ0n) is 11.4. The van der Waals surface area contributed by atoms with Crippen LogP contribution in [0.25, 0.3) is 0 Å². The maximum absolute atomic E-state index is 12.2. The summed E-state index contributed by atoms with van der Waals surface area (Å²) in [5, 5.41) is 8.78. The monoisotopic (exact) mass is 296 g/mol. The number of benzene rings is 1. The van der Waals surface area contributed by atoms with Crippen molar-refractivity contribution in [2.24, 2.45) is 0 Å². The Labute approximate surface area is 118 Å². The third-order valence-corrected chi connectivity index (χ3v) is 4.46. The molecule has 0 aromatic heterocycles. The lowest BCUT2D eigenvalue weighted by molar-refractivity contribution is -0.143. The number of carbonyl (C=O) groups excluding carboxylic acids is 1. The number of esters is 1. The average Bonchev–Trinajstić information content (AvgIpc) is 2.45. The molecule has 0 atom stereocenters. The van der Waals surface area contributed by atoms with Gasteiger partial charge in [-0.15, -0.1) is 0 Å². The minimum absolute atomic E-state index is 0.0124. The van der Waals surface area contributed by atoms with Gasteiger partial charge in [0.2, 0.25) is 10.0 Å². The molecule has 0 saturated heterocycles. The molecule has 0 radical (unpaired) electrons. The van der Waals surface area contributed by atoms with Gasteiger partial charge in [0, 0.05) is 13.6 Å². The van der Waals surface area contributed by atoms with E-state index in [9.17, 15) is 13.2 Å². The van der Waals surface area contributed by atoms with Gasteiger partial charge in [0.05, 0.1) is 29.6 Å². The molecule has 7 heteroatoms. The Morgan fingerprint density at radius 1 is 1.45 bits per heavy atom. The van der Waals surface area contributed by atoms with Crippen molar-refractivity contribution in [1.82, 2.24) is 4.31 Å². The van der Waals surface area contributed by atoms with Gasteiger partial charge in [-0.05, 0) is 25.1 Å². The van der Waals surface area contributed by atoms with Crippen LogP contribution < -0.4 is 0 Å². The Kier molecular flexibility index (Phi) is 5.67. The maximum Gasteiger partial charge on any atom is 0.307 e. The first-order valence-electron chi connectivity index (χ1n) is 6.04. The van der Waals surface area contributed by atoms with Gasteiger partial charge in [-0.2, -0.15) is 5.26 Å². The molecule has 0 aliphatic heterocycles. The predicted octanol–water partition coefficient (Wildman–Crippen LogP) is 1.13. The SMILES string of the molecule is CCOC(=O)CCN(C)S(=O)(=O)c1cccc(C#N)c1. The molecule has 108 valence electrons. The highest BCUT2D eigenvalue weighted by Crippen LogP contribution is 2.15. The lowest BCUT2D eigenvalue weighted by Gasteiger charge is -2.16. The molecule has 6 nitrogen and oxygen atoms in total. The highest BCUT2D eigenvalue weighted by atomic mass is 32.2. The lowest BCUT2D eigenvalue weighted by atomic mass is 10.2. The van der Waals surface area contributed by atoms with E-state index in [0.29, 0.717) is 0 Å². The van der Waals surface area contributed by atoms with Crippen molar-refractivity contribution in [3.63, 3.8) is 0 Å². The minimum atomic E-state index is -3.71. The fourth-order valence-corrected chi connectivity index (χ4v) is 2.73. The smallest absolute Gasteiger partial charge is 0.307 e. The van der Waals surface area contributed by atoms with Gasteiger partial charge in [0.15, 0.2) is 0 Å². The van der Waals surface area contributed by atoms with Crippen LogP contribution in [0.1, 0.15) is 18.9 Å². The third-order valence-electron chi connectivity index (χ3n) is 2.61. The largest absolute Gasteiger partial charge is 0.466 e. The maximum atomic E-state index is 12.2. The van der Waals surface area contributed by atoms with E-state index in [1.807, 2.05) is 6.07 Å². The molecule has 0 heterocycles. The molecule has 0 aliphatic rings. The van der Waals surface area contributed by atoms with Crippen LogP contribution in [0, 0.1) is 11.3 Å². The van der Waals surface area contributed by atoms with Crippen LogP contribution >= 0.6 is 0 Å². The molecule has 0 saturated carbocycles. The fourth-order valence-electron chi connectivity index (χ4n) is 1.51. The molecule has 1 rings (SSSR count). The first-order valence-corrected chi connectivity index (χ1v) is 7.48. The summed E-state index contributed by atoms with van der Waals surface area (Å²) in [7, 11) is -2.33. The van der Waals surface area contributed by atoms with Crippen LogP contribution in [0.5, 0.6) is 0 Å². The van der Waals surface area contributed by atoms with Gasteiger partial charge in [-0.3, -0.25) is 4.79 Å². The second-order valence-corrected chi connectivity index (χ2v) is 6.07. The van der Waals surface area contributed by atoms with Crippen molar-refractivity contribution in [3.8, 4) is 6.07 Å². The van der Waals surface area contributed by atoms with Gasteiger partial charge >= 0.3 is 5.97 Å². The Morgan fingerprint density at radius 2 is 2.15 bits per heavy atom. The van der Waals surface area contributed by atoms with Gasteiger partial charge < -0.3 is 4.74 Å². The van der Waals surface area contributed by atoms with Gasteiger partial charge in [0.1, 0.15) is 0 Å². The van der Waals surface area contributed by atoms with Gasteiger partial charge in [-0.1, -0.05) is 6.07 Å². The summed E-state index contributed by atoms with van der Waals surface area (Å²) in [6.07, 6.45) is -0.0124. The summed E-state index contributed by atoms with van der Waals surface area (Å²) in [5.74, 6) is -0.444. The van der Waals surface area contributed by atoms with Crippen LogP contribution in [0.3, 0.4) is 0 Å². The number of hydrogen-bond donors (Lipinski definition) is 0. The molecule has 0 aliphatic carbocycles. The molecule has 0 spiro atoms. The van der Waals surface area contributed by atoms with Gasteiger partial charge in [-0.25, -0.2) is 12.7 Å². The zero-order chi connectivity index (χ0) is 15.2. The molecule has 0 fully saturated rings. The molecule has 0 bridgehead atoms. The van der Waals surface area contributed by atoms with E-state index < -0.39 is 16.0 Å². The fraction of sp³-hybridized carbons (Fsp3) is 0.385. The van der Waals surface area contributed by atoms with E-state index in [-0.39, 0.29) is 30.0 Å². The number of carbonyl (C=O) groups is 1. The Bertz CT molecular complexity index is 620. The minimum Gasteiger partial charge on any atom is -0.466 e. The average molecular weight is 296 g/mol. The van der Waals surface area contributed by atoms with Crippen LogP contribution in [-0.4, -0.2) is 38.9 Å². The summed E-state index contributed by atoms with van der Waals surface area (Å²) in [6, 6.07) is 7.63. The molecule has 1 aromatic carbocycles. The van der Waals surface area contributed by atoms with E-state index in [0.717, 1.165) is 4.31 Å². The number of hydrogen-bond acceptors (Lipinski definition) is 5. The number of nitrogens with zero attached hydrogens (tertiary/aromatic N) is 2. The van der Waals surface area contributed by atoms with Crippen LogP contribution in [0.15, 0.2) is 29.2 Å². The summed E-state index contributed by atoms with van der Waals surface area (Å²) in [6.45, 7) is 1.98. The van der Waals surface area contributed by atoms with Crippen molar-refractivity contribution in [3.05, 3.63) is 29.8 Å². The normalized spacial score (nSPS) is 11.1. The van der Waals surface area contributed by atoms with E-state index >= 15 is 0 Å². The highest BCUT2D eigenvalue weighted by Gasteiger charge is 2.21. The molecular weight excluding hydrogens is 280 g/mol. The molecule has 1 aromatic rings. The molecule has 0 unspecified atom stereocenters. The summed E-state index contributed by atoms with van der Waals surface area (Å²) in [5.41, 5.74) is 0.268. The first-order chi connectivity index (χ1) is 9.41. The number of ether oxygens (including phenoxy) is 1. The van der Waals surface area contributed by atoms with E-state index in [4.69, 9.17) is 10.00 Å². The second-order valence-electron chi connectivity index (χ2n) is 4.02. The van der Waals surface area contributed by atoms with Crippen molar-refractivity contribution < 1.29 is 17.9 Å². The Morgan fingerprint density at radius 3 is 2.75 bits per heavy atom. The third kappa shape index (κ3) is 4.05. The second kappa shape index (κ2) is 7.03. The lowest BCUT2D eigenvalue weighted by Crippen LogP contribution is -2.29. The number of nitriles is 1. The topological polar surface area (TPSA) is 87.5 Å². The van der Waals surface area contributed by atoms with Crippen molar-refractivity contribution in [1.29, 1.82) is 5.26 Å². The van der Waals surface area contributed by atoms with Crippen LogP contribution in [-0.2, 0) is 19.6 Å². The standard InChI is InChI=1S/C13H16N2O4S/c1-3-19-13(16)7-8-15(2)20(17,18)12-6-4-5-11(9-12)10-14/h4-6,9H,3,7-8H2,1-2H3. The van der Waals surface area contributed by atoms with Crippen molar-refractivity contribution in [2.75, 3.05) is 20.2 Å². The molecule has 0 amide bonds. The zero-order valence-corrected chi connectivity index (χ0v) is 12.2. The van der Waals surface area contributed by atoms with Crippen molar-refractivity contribution >= 4 is 16.0 Å². The molecule has 20 heavy (non-hydrogen) atoms. The van der Waals surface area contributed by atoms with Gasteiger partial charge in [0.25, 0.3) is 0 Å². The number of rotatable bonds is 6. The highest BCUT2D eigenvalue weighted by molar-refractivity contribution is 7.89. The van der Waals surface area contributed by atoms with Crippen molar-refractivity contribution in [2.45, 2.75) is 18.2 Å². The Hall–Kier alpha value is -1.91. The quantitative estimate of drug-likeness (QED) is 0.734. The van der Waals surface area contributed by atoms with Crippen LogP contribution in [0.2, 0.25) is 0 Å². The summed E-state index contributed by atoms with van der Waals surface area (Å²) >= 11 is 0. The van der Waals surface area contributed by atoms with E-state index in [2.05, 4.69) is 0 Å². The molecular formula is C13H16N2O4S. The van der Waals surface area contributed by atoms with E-state index in [1.54, 1.807) is 6.92 Å². The molecule has 0 N–H and O–H groups in total. The van der Waals surface area contributed by atoms with Crippen LogP contribution in [0.4, 0.5) is 0 Å². The first kappa shape index (κ1) is 16.1. The number of sulfonamides is 1. The van der Waals surface area contributed by atoms with E-state index in [1.165, 1.54) is 31.3 Å². The predicted molar refractivity (Wildman–Crippen MR) is 72.2 cm³/mol.